The smallest absolute Gasteiger partial charge is 0.338 e. The summed E-state index contributed by atoms with van der Waals surface area (Å²) in [6.07, 6.45) is 10.3. The zero-order chi connectivity index (χ0) is 28.0. The van der Waals surface area contributed by atoms with Gasteiger partial charge in [0.25, 0.3) is 0 Å². The van der Waals surface area contributed by atoms with E-state index in [2.05, 4.69) is 36.7 Å². The summed E-state index contributed by atoms with van der Waals surface area (Å²) in [6, 6.07) is 14.1. The Morgan fingerprint density at radius 3 is 2.40 bits per heavy atom. The summed E-state index contributed by atoms with van der Waals surface area (Å²) >= 11 is 0. The molecule has 0 bridgehead atoms. The molecular weight excluding hydrogens is 512 g/mol. The van der Waals surface area contributed by atoms with Crippen LogP contribution in [-0.4, -0.2) is 50.2 Å². The number of unbranched alkanes of at least 4 members (excludes halogenated alkanes) is 3. The van der Waals surface area contributed by atoms with Crippen molar-refractivity contribution in [3.8, 4) is 47.7 Å². The summed E-state index contributed by atoms with van der Waals surface area (Å²) in [4.78, 5) is 23.7. The van der Waals surface area contributed by atoms with Crippen molar-refractivity contribution >= 4 is 5.97 Å². The molecule has 0 spiro atoms. The van der Waals surface area contributed by atoms with Gasteiger partial charge in [0.2, 0.25) is 0 Å². The summed E-state index contributed by atoms with van der Waals surface area (Å²) in [5.74, 6) is 10.2. The minimum atomic E-state index is -0.558. The lowest BCUT2D eigenvalue weighted by Crippen LogP contribution is -2.35. The van der Waals surface area contributed by atoms with Crippen molar-refractivity contribution in [1.82, 2.24) is 0 Å². The van der Waals surface area contributed by atoms with Crippen LogP contribution in [0.1, 0.15) is 57.1 Å². The predicted octanol–water partition coefficient (Wildman–Crippen LogP) is 5.94. The highest BCUT2D eigenvalue weighted by atomic mass is 17.2. The third kappa shape index (κ3) is 8.52. The molecule has 0 amide bonds. The van der Waals surface area contributed by atoms with Gasteiger partial charge in [-0.2, -0.15) is 0 Å². The number of hydrogen-bond donors (Lipinski definition) is 0. The lowest BCUT2D eigenvalue weighted by Gasteiger charge is -2.17. The highest BCUT2D eigenvalue weighted by Crippen LogP contribution is 2.31. The van der Waals surface area contributed by atoms with Gasteiger partial charge in [0.15, 0.2) is 6.10 Å². The van der Waals surface area contributed by atoms with Crippen LogP contribution in [0.4, 0.5) is 0 Å². The van der Waals surface area contributed by atoms with Gasteiger partial charge in [-0.05, 0) is 60.2 Å². The molecule has 4 atom stereocenters. The third-order valence-corrected chi connectivity index (χ3v) is 6.34. The average molecular weight is 557 g/mol. The summed E-state index contributed by atoms with van der Waals surface area (Å²) in [6.45, 7) is 3.66. The van der Waals surface area contributed by atoms with Gasteiger partial charge in [0.1, 0.15) is 42.5 Å². The molecule has 2 aliphatic heterocycles. The Balaban J connectivity index is -0.00000308. The molecule has 4 rings (SSSR count). The fourth-order valence-corrected chi connectivity index (χ4v) is 4.24. The van der Waals surface area contributed by atoms with Crippen molar-refractivity contribution in [2.45, 2.75) is 63.6 Å². The Hall–Kier alpha value is -3.97. The Bertz CT molecular complexity index is 1280. The first kappa shape index (κ1) is 29.0. The van der Waals surface area contributed by atoms with E-state index in [4.69, 9.17) is 39.9 Å². The zero-order valence-electron chi connectivity index (χ0n) is 22.4. The Labute approximate surface area is 244 Å². The summed E-state index contributed by atoms with van der Waals surface area (Å²) in [5.41, 5.74) is 1.31. The van der Waals surface area contributed by atoms with Crippen molar-refractivity contribution in [2.24, 2.45) is 0 Å². The van der Waals surface area contributed by atoms with Crippen LogP contribution in [0.25, 0.3) is 0 Å². The number of terminal acetylenes is 1. The molecule has 220 valence electrons. The zero-order valence-corrected chi connectivity index (χ0v) is 22.4. The van der Waals surface area contributed by atoms with Crippen molar-refractivity contribution in [2.75, 3.05) is 19.8 Å². The maximum atomic E-state index is 12.7. The average Bonchev–Trinajstić information content (AvgIpc) is 3.57. The topological polar surface area (TPSA) is 81.7 Å². The van der Waals surface area contributed by atoms with E-state index in [9.17, 15) is 4.79 Å². The van der Waals surface area contributed by atoms with Gasteiger partial charge in [0, 0.05) is 20.4 Å². The summed E-state index contributed by atoms with van der Waals surface area (Å²) in [7, 11) is 0. The molecule has 0 N–H and O–H groups in total. The molecule has 8 heteroatoms. The van der Waals surface area contributed by atoms with Gasteiger partial charge >= 0.3 is 5.97 Å². The van der Waals surface area contributed by atoms with Gasteiger partial charge in [-0.1, -0.05) is 38.3 Å². The molecule has 8 nitrogen and oxygen atoms in total. The molecule has 2 unspecified atom stereocenters. The number of ether oxygens (including phenoxy) is 5. The molecule has 2 aliphatic rings. The van der Waals surface area contributed by atoms with Crippen LogP contribution in [0, 0.1) is 36.2 Å². The number of hydrogen-bond acceptors (Lipinski definition) is 8. The fourth-order valence-electron chi connectivity index (χ4n) is 4.24. The molecule has 2 aromatic rings. The van der Waals surface area contributed by atoms with Gasteiger partial charge in [-0.3, -0.25) is 0 Å². The standard InChI is InChI=1S/C32H32O8.6H2/c1-3-5-7-9-19-34-26-15-11-24(12-16-26)21-38-40-29-23-37-30-28(22-36-31(29)30)39-32(33)25-13-17-27(18-14-25)35-20-10-8-6-4-2;;;;;;/h2,11-18,28-31H,3,5,7,9,19,21-23H2,1H3;6*1H/t28?,29?,30-,31-;;;;;;/m1....../s1. The van der Waals surface area contributed by atoms with Crippen LogP contribution in [0.5, 0.6) is 11.5 Å². The van der Waals surface area contributed by atoms with Crippen molar-refractivity contribution < 1.29 is 46.8 Å². The molecule has 2 fully saturated rings. The molecular formula is C32H44O8. The lowest BCUT2D eigenvalue weighted by atomic mass is 10.1. The molecule has 2 heterocycles. The Morgan fingerprint density at radius 2 is 1.65 bits per heavy atom. The fraction of sp³-hybridized carbons (Fsp3) is 0.406. The second kappa shape index (κ2) is 15.6. The first-order valence-electron chi connectivity index (χ1n) is 13.3. The molecule has 0 saturated carbocycles. The minimum Gasteiger partial charge on any atom is -0.494 e. The van der Waals surface area contributed by atoms with Crippen molar-refractivity contribution in [1.29, 1.82) is 0 Å². The monoisotopic (exact) mass is 556 g/mol. The highest BCUT2D eigenvalue weighted by molar-refractivity contribution is 5.89. The molecule has 2 aromatic carbocycles. The van der Waals surface area contributed by atoms with E-state index >= 15 is 0 Å². The lowest BCUT2D eigenvalue weighted by molar-refractivity contribution is -0.341. The van der Waals surface area contributed by atoms with Crippen LogP contribution in [0.2, 0.25) is 0 Å². The predicted molar refractivity (Wildman–Crippen MR) is 159 cm³/mol. The second-order valence-corrected chi connectivity index (χ2v) is 9.24. The summed E-state index contributed by atoms with van der Waals surface area (Å²) < 4.78 is 28.3. The Morgan fingerprint density at radius 1 is 0.925 bits per heavy atom. The third-order valence-electron chi connectivity index (χ3n) is 6.34. The summed E-state index contributed by atoms with van der Waals surface area (Å²) in [5, 5.41) is 0. The number of benzene rings is 2. The van der Waals surface area contributed by atoms with Crippen LogP contribution < -0.4 is 9.47 Å². The SMILES string of the molecule is C#CC#CC#COc1ccc(C(=O)OC2CO[C@@H]3C(OOCc4ccc(OCCCCCC)cc4)CO[C@H]23)cc1.[HH].[HH].[HH].[HH].[HH].[HH]. The van der Waals surface area contributed by atoms with Gasteiger partial charge < -0.3 is 23.7 Å². The number of carbonyl (C=O) groups is 1. The normalized spacial score (nSPS) is 20.7. The van der Waals surface area contributed by atoms with E-state index in [0.29, 0.717) is 11.3 Å². The van der Waals surface area contributed by atoms with E-state index < -0.39 is 30.4 Å². The van der Waals surface area contributed by atoms with Gasteiger partial charge in [0.05, 0.1) is 25.4 Å². The molecule has 2 saturated heterocycles. The van der Waals surface area contributed by atoms with Gasteiger partial charge in [-0.15, -0.1) is 6.42 Å². The van der Waals surface area contributed by atoms with Gasteiger partial charge in [-0.25, -0.2) is 14.6 Å². The Kier molecular flexibility index (Phi) is 11.3. The number of esters is 1. The maximum Gasteiger partial charge on any atom is 0.338 e. The number of fused-ring (bicyclic) bond motifs is 1. The number of rotatable bonds is 13. The van der Waals surface area contributed by atoms with Crippen molar-refractivity contribution in [3.05, 3.63) is 59.7 Å². The van der Waals surface area contributed by atoms with Crippen LogP contribution in [0.3, 0.4) is 0 Å². The quantitative estimate of drug-likeness (QED) is 0.0986. The second-order valence-electron chi connectivity index (χ2n) is 9.24. The largest absolute Gasteiger partial charge is 0.494 e. The first-order valence-corrected chi connectivity index (χ1v) is 13.3. The molecule has 40 heavy (non-hydrogen) atoms. The highest BCUT2D eigenvalue weighted by Gasteiger charge is 2.50. The van der Waals surface area contributed by atoms with Crippen LogP contribution in [-0.2, 0) is 30.6 Å². The maximum absolute atomic E-state index is 12.7. The van der Waals surface area contributed by atoms with Crippen LogP contribution in [0.15, 0.2) is 48.5 Å². The number of carbonyl (C=O) groups excluding carboxylic acids is 1. The van der Waals surface area contributed by atoms with E-state index in [-0.39, 0.29) is 28.4 Å². The van der Waals surface area contributed by atoms with E-state index in [0.717, 1.165) is 24.3 Å². The van der Waals surface area contributed by atoms with Crippen LogP contribution >= 0.6 is 0 Å². The van der Waals surface area contributed by atoms with E-state index in [1.54, 1.807) is 24.3 Å². The molecule has 0 radical (unpaired) electrons. The van der Waals surface area contributed by atoms with E-state index in [1.165, 1.54) is 19.3 Å². The minimum absolute atomic E-state index is 0. The molecule has 0 aromatic heterocycles. The van der Waals surface area contributed by atoms with E-state index in [1.807, 2.05) is 24.3 Å². The molecule has 0 aliphatic carbocycles. The first-order chi connectivity index (χ1) is 19.7. The van der Waals surface area contributed by atoms with Crippen molar-refractivity contribution in [3.63, 3.8) is 0 Å².